The van der Waals surface area contributed by atoms with E-state index in [1.807, 2.05) is 4.90 Å². The third-order valence-electron chi connectivity index (χ3n) is 5.77. The lowest BCUT2D eigenvalue weighted by atomic mass is 10.1. The third-order valence-corrected chi connectivity index (χ3v) is 5.77. The van der Waals surface area contributed by atoms with Gasteiger partial charge in [0.25, 0.3) is 0 Å². The summed E-state index contributed by atoms with van der Waals surface area (Å²) in [5.41, 5.74) is 0.401. The molecule has 1 atom stereocenters. The molecule has 2 aromatic rings. The van der Waals surface area contributed by atoms with Gasteiger partial charge in [-0.05, 0) is 31.7 Å². The Labute approximate surface area is 155 Å². The topological polar surface area (TPSA) is 50.5 Å². The van der Waals surface area contributed by atoms with Gasteiger partial charge in [-0.2, -0.15) is 18.3 Å². The van der Waals surface area contributed by atoms with Crippen LogP contribution in [0.15, 0.2) is 12.1 Å². The van der Waals surface area contributed by atoms with Crippen molar-refractivity contribution in [2.24, 2.45) is 5.92 Å². The quantitative estimate of drug-likeness (QED) is 0.814. The minimum Gasteiger partial charge on any atom is -0.342 e. The number of carbonyl (C=O) groups is 1. The number of carbonyl (C=O) groups excluding carboxylic acids is 1. The van der Waals surface area contributed by atoms with Crippen LogP contribution in [-0.4, -0.2) is 38.5 Å². The normalized spacial score (nSPS) is 21.5. The van der Waals surface area contributed by atoms with E-state index < -0.39 is 11.9 Å². The highest BCUT2D eigenvalue weighted by molar-refractivity contribution is 5.79. The van der Waals surface area contributed by atoms with E-state index in [1.54, 1.807) is 13.0 Å². The largest absolute Gasteiger partial charge is 0.433 e. The molecule has 0 aromatic carbocycles. The van der Waals surface area contributed by atoms with Crippen molar-refractivity contribution in [2.45, 2.75) is 57.5 Å². The molecule has 4 rings (SSSR count). The smallest absolute Gasteiger partial charge is 0.342 e. The average molecular weight is 380 g/mol. The standard InChI is InChI=1S/C19H23F3N4O/c1-2-14-9-16(19(20,21)22)26-17(23-14)10-15(24-26)13-7-8-25(11-13)18(27)12-5-3-4-6-12/h9-10,12-13H,2-8,11H2,1H3/t13-/m0/s1. The van der Waals surface area contributed by atoms with Crippen molar-refractivity contribution < 1.29 is 18.0 Å². The van der Waals surface area contributed by atoms with E-state index in [0.29, 0.717) is 30.9 Å². The molecule has 0 radical (unpaired) electrons. The van der Waals surface area contributed by atoms with Crippen LogP contribution in [0.2, 0.25) is 0 Å². The van der Waals surface area contributed by atoms with E-state index in [4.69, 9.17) is 0 Å². The SMILES string of the molecule is CCc1cc(C(F)(F)F)n2nc([C@H]3CCN(C(=O)C4CCCC4)C3)cc2n1. The van der Waals surface area contributed by atoms with E-state index in [-0.39, 0.29) is 23.4 Å². The molecule has 0 N–H and O–H groups in total. The van der Waals surface area contributed by atoms with Gasteiger partial charge in [0.05, 0.1) is 5.69 Å². The second kappa shape index (κ2) is 6.80. The molecule has 3 heterocycles. The number of rotatable bonds is 3. The van der Waals surface area contributed by atoms with Gasteiger partial charge >= 0.3 is 6.18 Å². The molecule has 2 aromatic heterocycles. The molecule has 8 heteroatoms. The summed E-state index contributed by atoms with van der Waals surface area (Å²) in [7, 11) is 0. The predicted octanol–water partition coefficient (Wildman–Crippen LogP) is 3.82. The van der Waals surface area contributed by atoms with Crippen LogP contribution in [0.5, 0.6) is 0 Å². The van der Waals surface area contributed by atoms with Gasteiger partial charge in [0.2, 0.25) is 5.91 Å². The monoisotopic (exact) mass is 380 g/mol. The van der Waals surface area contributed by atoms with Crippen molar-refractivity contribution in [1.29, 1.82) is 0 Å². The van der Waals surface area contributed by atoms with Gasteiger partial charge in [-0.3, -0.25) is 4.79 Å². The van der Waals surface area contributed by atoms with Gasteiger partial charge in [0, 0.05) is 36.7 Å². The van der Waals surface area contributed by atoms with E-state index in [0.717, 1.165) is 42.7 Å². The summed E-state index contributed by atoms with van der Waals surface area (Å²) in [6, 6.07) is 2.71. The highest BCUT2D eigenvalue weighted by atomic mass is 19.4. The van der Waals surface area contributed by atoms with Crippen LogP contribution in [0.3, 0.4) is 0 Å². The Morgan fingerprint density at radius 2 is 1.96 bits per heavy atom. The number of aromatic nitrogens is 3. The zero-order chi connectivity index (χ0) is 19.2. The predicted molar refractivity (Wildman–Crippen MR) is 93.3 cm³/mol. The highest BCUT2D eigenvalue weighted by Crippen LogP contribution is 2.34. The Bertz CT molecular complexity index is 854. The molecule has 1 saturated carbocycles. The van der Waals surface area contributed by atoms with Gasteiger partial charge in [0.15, 0.2) is 5.65 Å². The molecule has 146 valence electrons. The van der Waals surface area contributed by atoms with Crippen molar-refractivity contribution in [3.05, 3.63) is 29.2 Å². The first-order valence-electron chi connectivity index (χ1n) is 9.62. The summed E-state index contributed by atoms with van der Waals surface area (Å²) >= 11 is 0. The van der Waals surface area contributed by atoms with Crippen molar-refractivity contribution in [3.63, 3.8) is 0 Å². The Balaban J connectivity index is 1.60. The van der Waals surface area contributed by atoms with Crippen LogP contribution in [0.4, 0.5) is 13.2 Å². The maximum absolute atomic E-state index is 13.4. The van der Waals surface area contributed by atoms with Gasteiger partial charge in [-0.15, -0.1) is 0 Å². The molecule has 0 bridgehead atoms. The lowest BCUT2D eigenvalue weighted by Gasteiger charge is -2.20. The molecular formula is C19H23F3N4O. The highest BCUT2D eigenvalue weighted by Gasteiger charge is 2.37. The number of fused-ring (bicyclic) bond motifs is 1. The first-order valence-corrected chi connectivity index (χ1v) is 9.62. The number of aryl methyl sites for hydroxylation is 1. The second-order valence-corrected chi connectivity index (χ2v) is 7.57. The molecule has 2 aliphatic rings. The van der Waals surface area contributed by atoms with E-state index in [9.17, 15) is 18.0 Å². The van der Waals surface area contributed by atoms with E-state index in [1.165, 1.54) is 0 Å². The number of nitrogens with zero attached hydrogens (tertiary/aromatic N) is 4. The lowest BCUT2D eigenvalue weighted by Crippen LogP contribution is -2.33. The molecule has 5 nitrogen and oxygen atoms in total. The van der Waals surface area contributed by atoms with Crippen LogP contribution in [0.25, 0.3) is 5.65 Å². The zero-order valence-corrected chi connectivity index (χ0v) is 15.3. The number of alkyl halides is 3. The van der Waals surface area contributed by atoms with Crippen molar-refractivity contribution in [3.8, 4) is 0 Å². The van der Waals surface area contributed by atoms with Crippen LogP contribution >= 0.6 is 0 Å². The Hall–Kier alpha value is -2.12. The summed E-state index contributed by atoms with van der Waals surface area (Å²) in [6.45, 7) is 2.95. The van der Waals surface area contributed by atoms with E-state index >= 15 is 0 Å². The Morgan fingerprint density at radius 3 is 2.63 bits per heavy atom. The zero-order valence-electron chi connectivity index (χ0n) is 15.3. The Morgan fingerprint density at radius 1 is 1.22 bits per heavy atom. The number of hydrogen-bond acceptors (Lipinski definition) is 3. The fourth-order valence-corrected chi connectivity index (χ4v) is 4.26. The molecule has 0 unspecified atom stereocenters. The maximum Gasteiger partial charge on any atom is 0.433 e. The summed E-state index contributed by atoms with van der Waals surface area (Å²) in [5.74, 6) is 0.278. The van der Waals surface area contributed by atoms with E-state index in [2.05, 4.69) is 10.1 Å². The summed E-state index contributed by atoms with van der Waals surface area (Å²) in [6.07, 6.45) is 0.767. The minimum atomic E-state index is -4.49. The van der Waals surface area contributed by atoms with Crippen molar-refractivity contribution in [2.75, 3.05) is 13.1 Å². The molecule has 2 fully saturated rings. The molecular weight excluding hydrogens is 357 g/mol. The molecule has 0 spiro atoms. The summed E-state index contributed by atoms with van der Waals surface area (Å²) in [4.78, 5) is 18.8. The van der Waals surface area contributed by atoms with Crippen molar-refractivity contribution >= 4 is 11.6 Å². The fourth-order valence-electron chi connectivity index (χ4n) is 4.26. The maximum atomic E-state index is 13.4. The molecule has 1 saturated heterocycles. The molecule has 1 amide bonds. The van der Waals surface area contributed by atoms with Gasteiger partial charge in [-0.25, -0.2) is 9.50 Å². The molecule has 1 aliphatic carbocycles. The molecule has 1 aliphatic heterocycles. The average Bonchev–Trinajstić information content (AvgIpc) is 3.38. The first kappa shape index (κ1) is 18.3. The van der Waals surface area contributed by atoms with Crippen molar-refractivity contribution in [1.82, 2.24) is 19.5 Å². The van der Waals surface area contributed by atoms with Crippen LogP contribution in [0.1, 0.15) is 62.0 Å². The van der Waals surface area contributed by atoms with Gasteiger partial charge < -0.3 is 4.90 Å². The fraction of sp³-hybridized carbons (Fsp3) is 0.632. The summed E-state index contributed by atoms with van der Waals surface area (Å²) < 4.78 is 41.2. The Kier molecular flexibility index (Phi) is 4.60. The minimum absolute atomic E-state index is 0.0387. The number of likely N-dealkylation sites (tertiary alicyclic amines) is 1. The summed E-state index contributed by atoms with van der Waals surface area (Å²) in [5, 5.41) is 4.22. The first-order chi connectivity index (χ1) is 12.9. The third kappa shape index (κ3) is 3.41. The van der Waals surface area contributed by atoms with Gasteiger partial charge in [-0.1, -0.05) is 19.8 Å². The van der Waals surface area contributed by atoms with Crippen LogP contribution < -0.4 is 0 Å². The number of amides is 1. The molecule has 27 heavy (non-hydrogen) atoms. The lowest BCUT2D eigenvalue weighted by molar-refractivity contribution is -0.142. The second-order valence-electron chi connectivity index (χ2n) is 7.57. The number of halogens is 3. The van der Waals surface area contributed by atoms with Gasteiger partial charge in [0.1, 0.15) is 5.69 Å². The van der Waals surface area contributed by atoms with Crippen LogP contribution in [-0.2, 0) is 17.4 Å². The number of hydrogen-bond donors (Lipinski definition) is 0. The van der Waals surface area contributed by atoms with Crippen LogP contribution in [0, 0.1) is 5.92 Å².